The Hall–Kier alpha value is -3.17. The van der Waals surface area contributed by atoms with E-state index in [0.717, 1.165) is 16.7 Å². The molecule has 5 N–H and O–H groups in total. The molecular formula is C21H24ClN5O4. The molecule has 0 saturated carbocycles. The molecule has 0 radical (unpaired) electrons. The van der Waals surface area contributed by atoms with Crippen LogP contribution in [0.2, 0.25) is 5.02 Å². The number of amides is 3. The Kier molecular flexibility index (Phi) is 7.43. The fourth-order valence-electron chi connectivity index (χ4n) is 3.29. The number of carboxylic acid groups (broad SMARTS) is 1. The van der Waals surface area contributed by atoms with Gasteiger partial charge in [0.05, 0.1) is 6.04 Å². The Labute approximate surface area is 184 Å². The minimum atomic E-state index is -1.21. The van der Waals surface area contributed by atoms with Gasteiger partial charge in [0.15, 0.2) is 0 Å². The lowest BCUT2D eigenvalue weighted by molar-refractivity contribution is -0.128. The van der Waals surface area contributed by atoms with Crippen molar-refractivity contribution in [2.75, 3.05) is 11.9 Å². The summed E-state index contributed by atoms with van der Waals surface area (Å²) in [5.74, 6) is -0.597. The van der Waals surface area contributed by atoms with Crippen molar-refractivity contribution in [1.82, 2.24) is 20.9 Å². The predicted octanol–water partition coefficient (Wildman–Crippen LogP) is 1.84. The number of aromatic nitrogens is 1. The molecule has 3 amide bonds. The zero-order chi connectivity index (χ0) is 22.4. The number of hydrogen-bond donors (Lipinski definition) is 5. The Morgan fingerprint density at radius 2 is 2.03 bits per heavy atom. The van der Waals surface area contributed by atoms with Crippen LogP contribution >= 0.6 is 11.6 Å². The molecule has 2 aromatic rings. The van der Waals surface area contributed by atoms with Gasteiger partial charge in [-0.25, -0.2) is 9.78 Å². The number of benzene rings is 1. The third-order valence-corrected chi connectivity index (χ3v) is 5.44. The zero-order valence-electron chi connectivity index (χ0n) is 16.9. The van der Waals surface area contributed by atoms with Gasteiger partial charge >= 0.3 is 6.09 Å². The second kappa shape index (κ2) is 10.2. The largest absolute Gasteiger partial charge is 0.465 e. The van der Waals surface area contributed by atoms with Crippen molar-refractivity contribution in [1.29, 1.82) is 0 Å². The van der Waals surface area contributed by atoms with Crippen LogP contribution in [0, 0.1) is 6.92 Å². The summed E-state index contributed by atoms with van der Waals surface area (Å²) in [4.78, 5) is 40.5. The third kappa shape index (κ3) is 6.16. The van der Waals surface area contributed by atoms with E-state index in [-0.39, 0.29) is 24.7 Å². The molecule has 2 unspecified atom stereocenters. The summed E-state index contributed by atoms with van der Waals surface area (Å²) >= 11 is 6.08. The fraction of sp³-hybridized carbons (Fsp3) is 0.333. The minimum absolute atomic E-state index is 0.00326. The topological polar surface area (TPSA) is 132 Å². The van der Waals surface area contributed by atoms with Crippen LogP contribution in [0.5, 0.6) is 0 Å². The summed E-state index contributed by atoms with van der Waals surface area (Å²) in [6, 6.07) is 7.91. The average molecular weight is 446 g/mol. The van der Waals surface area contributed by atoms with Gasteiger partial charge < -0.3 is 26.4 Å². The second-order valence-electron chi connectivity index (χ2n) is 7.30. The Bertz CT molecular complexity index is 984. The first-order valence-electron chi connectivity index (χ1n) is 9.84. The number of carbonyl (C=O) groups is 3. The van der Waals surface area contributed by atoms with Gasteiger partial charge in [0.25, 0.3) is 0 Å². The van der Waals surface area contributed by atoms with Crippen molar-refractivity contribution >= 4 is 35.3 Å². The van der Waals surface area contributed by atoms with E-state index in [1.165, 1.54) is 12.3 Å². The number of anilines is 1. The standard InChI is InChI=1S/C21H24ClN5O4/c1-12-10-25-18(9-15(12)22)27-19(28)16(6-7-23-21(30)31)26-20(29)17-8-13-4-2-3-5-14(13)11-24-17/h2-5,9-10,16-17,23-24H,6-8,11H2,1H3,(H,26,29)(H,30,31)(H,25,27,28). The molecule has 0 bridgehead atoms. The van der Waals surface area contributed by atoms with E-state index >= 15 is 0 Å². The van der Waals surface area contributed by atoms with E-state index in [1.54, 1.807) is 6.92 Å². The molecule has 0 fully saturated rings. The summed E-state index contributed by atoms with van der Waals surface area (Å²) in [7, 11) is 0. The molecule has 1 aromatic heterocycles. The maximum absolute atomic E-state index is 12.8. The van der Waals surface area contributed by atoms with Crippen molar-refractivity contribution in [3.05, 3.63) is 58.2 Å². The summed E-state index contributed by atoms with van der Waals surface area (Å²) in [5, 5.41) is 20.0. The van der Waals surface area contributed by atoms with E-state index in [1.807, 2.05) is 24.3 Å². The molecule has 3 rings (SSSR count). The maximum atomic E-state index is 12.8. The molecule has 164 valence electrons. The van der Waals surface area contributed by atoms with Crippen LogP contribution < -0.4 is 21.3 Å². The van der Waals surface area contributed by atoms with Crippen LogP contribution in [0.15, 0.2) is 36.5 Å². The van der Waals surface area contributed by atoms with E-state index in [9.17, 15) is 14.4 Å². The monoisotopic (exact) mass is 445 g/mol. The van der Waals surface area contributed by atoms with Crippen molar-refractivity contribution in [3.8, 4) is 0 Å². The normalized spacial score (nSPS) is 16.0. The molecule has 0 spiro atoms. The molecule has 9 nitrogen and oxygen atoms in total. The highest BCUT2D eigenvalue weighted by Crippen LogP contribution is 2.18. The van der Waals surface area contributed by atoms with Crippen LogP contribution in [0.3, 0.4) is 0 Å². The summed E-state index contributed by atoms with van der Waals surface area (Å²) < 4.78 is 0. The number of nitrogens with zero attached hydrogens (tertiary/aromatic N) is 1. The maximum Gasteiger partial charge on any atom is 0.404 e. The van der Waals surface area contributed by atoms with Crippen molar-refractivity contribution < 1.29 is 19.5 Å². The lowest BCUT2D eigenvalue weighted by atomic mass is 9.95. The highest BCUT2D eigenvalue weighted by molar-refractivity contribution is 6.31. The van der Waals surface area contributed by atoms with E-state index in [4.69, 9.17) is 16.7 Å². The lowest BCUT2D eigenvalue weighted by Gasteiger charge is -2.27. The van der Waals surface area contributed by atoms with Gasteiger partial charge in [0.1, 0.15) is 11.9 Å². The number of halogens is 1. The molecule has 10 heteroatoms. The van der Waals surface area contributed by atoms with Gasteiger partial charge in [-0.3, -0.25) is 9.59 Å². The molecule has 1 aliphatic heterocycles. The van der Waals surface area contributed by atoms with Crippen molar-refractivity contribution in [3.63, 3.8) is 0 Å². The van der Waals surface area contributed by atoms with Crippen LogP contribution in [0.4, 0.5) is 10.6 Å². The summed E-state index contributed by atoms with van der Waals surface area (Å²) in [6.45, 7) is 2.34. The van der Waals surface area contributed by atoms with Crippen molar-refractivity contribution in [2.45, 2.75) is 38.4 Å². The Morgan fingerprint density at radius 3 is 2.74 bits per heavy atom. The summed E-state index contributed by atoms with van der Waals surface area (Å²) in [6.07, 6.45) is 0.898. The van der Waals surface area contributed by atoms with Crippen molar-refractivity contribution in [2.24, 2.45) is 0 Å². The number of hydrogen-bond acceptors (Lipinski definition) is 5. The predicted molar refractivity (Wildman–Crippen MR) is 116 cm³/mol. The van der Waals surface area contributed by atoms with Gasteiger partial charge in [-0.2, -0.15) is 0 Å². The van der Waals surface area contributed by atoms with Crippen LogP contribution in [0.25, 0.3) is 0 Å². The van der Waals surface area contributed by atoms with Gasteiger partial charge in [0, 0.05) is 24.3 Å². The first kappa shape index (κ1) is 22.5. The van der Waals surface area contributed by atoms with Crippen LogP contribution in [0.1, 0.15) is 23.1 Å². The molecule has 1 aliphatic rings. The highest BCUT2D eigenvalue weighted by Gasteiger charge is 2.28. The van der Waals surface area contributed by atoms with E-state index in [2.05, 4.69) is 26.3 Å². The van der Waals surface area contributed by atoms with Gasteiger partial charge in [-0.05, 0) is 42.5 Å². The molecule has 2 atom stereocenters. The second-order valence-corrected chi connectivity index (χ2v) is 7.70. The lowest BCUT2D eigenvalue weighted by Crippen LogP contribution is -2.53. The first-order chi connectivity index (χ1) is 14.8. The average Bonchev–Trinajstić information content (AvgIpc) is 2.75. The van der Waals surface area contributed by atoms with Crippen LogP contribution in [-0.2, 0) is 22.6 Å². The Balaban J connectivity index is 1.67. The zero-order valence-corrected chi connectivity index (χ0v) is 17.7. The molecule has 31 heavy (non-hydrogen) atoms. The third-order valence-electron chi connectivity index (χ3n) is 5.03. The number of carbonyl (C=O) groups excluding carboxylic acids is 2. The molecular weight excluding hydrogens is 422 g/mol. The molecule has 0 aliphatic carbocycles. The van der Waals surface area contributed by atoms with E-state index in [0.29, 0.717) is 18.0 Å². The number of pyridine rings is 1. The smallest absolute Gasteiger partial charge is 0.404 e. The van der Waals surface area contributed by atoms with E-state index < -0.39 is 24.1 Å². The first-order valence-corrected chi connectivity index (χ1v) is 10.2. The Morgan fingerprint density at radius 1 is 1.29 bits per heavy atom. The summed E-state index contributed by atoms with van der Waals surface area (Å²) in [5.41, 5.74) is 2.97. The van der Waals surface area contributed by atoms with Gasteiger partial charge in [0.2, 0.25) is 11.8 Å². The van der Waals surface area contributed by atoms with Gasteiger partial charge in [-0.15, -0.1) is 0 Å². The van der Waals surface area contributed by atoms with Crippen LogP contribution in [-0.4, -0.2) is 46.6 Å². The number of rotatable bonds is 7. The van der Waals surface area contributed by atoms with Gasteiger partial charge in [-0.1, -0.05) is 35.9 Å². The SMILES string of the molecule is Cc1cnc(NC(=O)C(CCNC(=O)O)NC(=O)C2Cc3ccccc3CN2)cc1Cl. The molecule has 2 heterocycles. The molecule has 0 saturated heterocycles. The number of nitrogens with one attached hydrogen (secondary N) is 4. The fourth-order valence-corrected chi connectivity index (χ4v) is 3.44. The minimum Gasteiger partial charge on any atom is -0.465 e. The highest BCUT2D eigenvalue weighted by atomic mass is 35.5. The quantitative estimate of drug-likeness (QED) is 0.441. The number of aryl methyl sites for hydroxylation is 1. The number of fused-ring (bicyclic) bond motifs is 1. The molecule has 1 aromatic carbocycles.